The fourth-order valence-corrected chi connectivity index (χ4v) is 0.590. The van der Waals surface area contributed by atoms with E-state index in [4.69, 9.17) is 4.42 Å². The number of carbonyl (C=O) groups excluding carboxylic acids is 1. The highest BCUT2D eigenvalue weighted by Gasteiger charge is 2.04. The van der Waals surface area contributed by atoms with Crippen molar-refractivity contribution in [3.63, 3.8) is 0 Å². The summed E-state index contributed by atoms with van der Waals surface area (Å²) in [4.78, 5) is 15.6. The van der Waals surface area contributed by atoms with Crippen molar-refractivity contribution in [3.05, 3.63) is 24.2 Å². The van der Waals surface area contributed by atoms with Gasteiger partial charge in [-0.3, -0.25) is 9.63 Å². The van der Waals surface area contributed by atoms with Gasteiger partial charge >= 0.3 is 0 Å². The van der Waals surface area contributed by atoms with E-state index in [1.807, 2.05) is 0 Å². The molecule has 0 bridgehead atoms. The molecule has 0 radical (unpaired) electrons. The topological polar surface area (TPSA) is 51.5 Å². The molecule has 0 unspecified atom stereocenters. The minimum absolute atomic E-state index is 0.291. The van der Waals surface area contributed by atoms with Crippen molar-refractivity contribution in [2.24, 2.45) is 0 Å². The first kappa shape index (κ1) is 7.81. The Kier molecular flexibility index (Phi) is 2.68. The number of furan rings is 1. The van der Waals surface area contributed by atoms with Crippen molar-refractivity contribution in [2.75, 3.05) is 6.61 Å². The van der Waals surface area contributed by atoms with Crippen molar-refractivity contribution >= 4 is 5.91 Å². The zero-order valence-electron chi connectivity index (χ0n) is 6.16. The van der Waals surface area contributed by atoms with Crippen molar-refractivity contribution in [2.45, 2.75) is 6.92 Å². The second-order valence-electron chi connectivity index (χ2n) is 1.88. The molecule has 1 rings (SSSR count). The maximum atomic E-state index is 11.0. The maximum Gasteiger partial charge on any atom is 0.278 e. The SMILES string of the molecule is CCONC(=O)c1ccoc1. The molecule has 0 aliphatic rings. The Balaban J connectivity index is 2.43. The number of nitrogens with one attached hydrogen (secondary N) is 1. The second kappa shape index (κ2) is 3.78. The molecule has 1 aromatic heterocycles. The van der Waals surface area contributed by atoms with Gasteiger partial charge in [-0.15, -0.1) is 0 Å². The van der Waals surface area contributed by atoms with Crippen LogP contribution in [-0.2, 0) is 4.84 Å². The van der Waals surface area contributed by atoms with Crippen LogP contribution < -0.4 is 5.48 Å². The Bertz CT molecular complexity index is 218. The van der Waals surface area contributed by atoms with Gasteiger partial charge in [-0.05, 0) is 13.0 Å². The average Bonchev–Trinajstić information content (AvgIpc) is 2.52. The van der Waals surface area contributed by atoms with Crippen LogP contribution in [0.25, 0.3) is 0 Å². The molecular weight excluding hydrogens is 146 g/mol. The van der Waals surface area contributed by atoms with Gasteiger partial charge in [0.1, 0.15) is 6.26 Å². The standard InChI is InChI=1S/C7H9NO3/c1-2-11-8-7(9)6-3-4-10-5-6/h3-5H,2H2,1H3,(H,8,9). The number of carbonyl (C=O) groups is 1. The minimum atomic E-state index is -0.291. The molecule has 4 nitrogen and oxygen atoms in total. The highest BCUT2D eigenvalue weighted by Crippen LogP contribution is 1.98. The lowest BCUT2D eigenvalue weighted by atomic mass is 10.3. The normalized spacial score (nSPS) is 9.55. The molecule has 0 saturated heterocycles. The third kappa shape index (κ3) is 2.09. The van der Waals surface area contributed by atoms with Gasteiger partial charge < -0.3 is 4.42 Å². The Morgan fingerprint density at radius 2 is 2.64 bits per heavy atom. The lowest BCUT2D eigenvalue weighted by molar-refractivity contribution is 0.0364. The number of hydroxylamine groups is 1. The molecule has 11 heavy (non-hydrogen) atoms. The van der Waals surface area contributed by atoms with Gasteiger partial charge in [0.15, 0.2) is 0 Å². The van der Waals surface area contributed by atoms with Crippen LogP contribution in [0.2, 0.25) is 0 Å². The van der Waals surface area contributed by atoms with Crippen LogP contribution >= 0.6 is 0 Å². The van der Waals surface area contributed by atoms with Gasteiger partial charge in [-0.1, -0.05) is 0 Å². The molecule has 0 atom stereocenters. The van der Waals surface area contributed by atoms with E-state index in [1.165, 1.54) is 12.5 Å². The zero-order valence-corrected chi connectivity index (χ0v) is 6.16. The molecular formula is C7H9NO3. The van der Waals surface area contributed by atoms with E-state index >= 15 is 0 Å². The smallest absolute Gasteiger partial charge is 0.278 e. The number of hydrogen-bond acceptors (Lipinski definition) is 3. The lowest BCUT2D eigenvalue weighted by Crippen LogP contribution is -2.22. The number of hydrogen-bond donors (Lipinski definition) is 1. The van der Waals surface area contributed by atoms with Crippen molar-refractivity contribution in [3.8, 4) is 0 Å². The van der Waals surface area contributed by atoms with Gasteiger partial charge in [0.2, 0.25) is 0 Å². The van der Waals surface area contributed by atoms with Crippen LogP contribution in [0.5, 0.6) is 0 Å². The largest absolute Gasteiger partial charge is 0.472 e. The van der Waals surface area contributed by atoms with Crippen LogP contribution in [0.4, 0.5) is 0 Å². The molecule has 1 aromatic rings. The zero-order chi connectivity index (χ0) is 8.10. The summed E-state index contributed by atoms with van der Waals surface area (Å²) in [6, 6.07) is 1.56. The minimum Gasteiger partial charge on any atom is -0.472 e. The summed E-state index contributed by atoms with van der Waals surface area (Å²) in [6.07, 6.45) is 2.79. The monoisotopic (exact) mass is 155 g/mol. The van der Waals surface area contributed by atoms with Gasteiger partial charge in [0.25, 0.3) is 5.91 Å². The van der Waals surface area contributed by atoms with E-state index in [2.05, 4.69) is 10.3 Å². The van der Waals surface area contributed by atoms with Gasteiger partial charge in [0.05, 0.1) is 18.4 Å². The van der Waals surface area contributed by atoms with Crippen molar-refractivity contribution in [1.29, 1.82) is 0 Å². The molecule has 0 spiro atoms. The third-order valence-corrected chi connectivity index (χ3v) is 1.09. The fraction of sp³-hybridized carbons (Fsp3) is 0.286. The molecule has 4 heteroatoms. The number of rotatable bonds is 3. The summed E-state index contributed by atoms with van der Waals surface area (Å²) >= 11 is 0. The molecule has 0 aliphatic carbocycles. The van der Waals surface area contributed by atoms with Crippen LogP contribution in [0.1, 0.15) is 17.3 Å². The first-order valence-corrected chi connectivity index (χ1v) is 3.29. The van der Waals surface area contributed by atoms with Gasteiger partial charge in [-0.25, -0.2) is 5.48 Å². The van der Waals surface area contributed by atoms with Crippen LogP contribution in [0, 0.1) is 0 Å². The summed E-state index contributed by atoms with van der Waals surface area (Å²) in [7, 11) is 0. The van der Waals surface area contributed by atoms with Crippen molar-refractivity contribution < 1.29 is 14.0 Å². The van der Waals surface area contributed by atoms with Gasteiger partial charge in [0, 0.05) is 0 Å². The predicted molar refractivity (Wildman–Crippen MR) is 37.8 cm³/mol. The molecule has 0 saturated carbocycles. The molecule has 0 fully saturated rings. The second-order valence-corrected chi connectivity index (χ2v) is 1.88. The average molecular weight is 155 g/mol. The van der Waals surface area contributed by atoms with E-state index in [9.17, 15) is 4.79 Å². The predicted octanol–water partition coefficient (Wildman–Crippen LogP) is 0.961. The van der Waals surface area contributed by atoms with E-state index in [-0.39, 0.29) is 5.91 Å². The lowest BCUT2D eigenvalue weighted by Gasteiger charge is -1.99. The highest BCUT2D eigenvalue weighted by molar-refractivity contribution is 5.92. The molecule has 0 aliphatic heterocycles. The first-order valence-electron chi connectivity index (χ1n) is 3.29. The summed E-state index contributed by atoms with van der Waals surface area (Å²) in [5.41, 5.74) is 2.69. The Morgan fingerprint density at radius 1 is 1.82 bits per heavy atom. The van der Waals surface area contributed by atoms with Crippen LogP contribution in [0.3, 0.4) is 0 Å². The molecule has 1 heterocycles. The Hall–Kier alpha value is -1.29. The quantitative estimate of drug-likeness (QED) is 0.661. The van der Waals surface area contributed by atoms with Gasteiger partial charge in [-0.2, -0.15) is 0 Å². The summed E-state index contributed by atoms with van der Waals surface area (Å²) in [5, 5.41) is 0. The van der Waals surface area contributed by atoms with E-state index in [0.717, 1.165) is 0 Å². The van der Waals surface area contributed by atoms with E-state index in [0.29, 0.717) is 12.2 Å². The molecule has 1 N–H and O–H groups in total. The van der Waals surface area contributed by atoms with Crippen LogP contribution in [-0.4, -0.2) is 12.5 Å². The van der Waals surface area contributed by atoms with E-state index in [1.54, 1.807) is 13.0 Å². The molecule has 60 valence electrons. The maximum absolute atomic E-state index is 11.0. The Morgan fingerprint density at radius 3 is 3.18 bits per heavy atom. The summed E-state index contributed by atoms with van der Waals surface area (Å²) in [6.45, 7) is 2.24. The third-order valence-electron chi connectivity index (χ3n) is 1.09. The molecule has 1 amide bonds. The Labute approximate surface area is 64.1 Å². The summed E-state index contributed by atoms with van der Waals surface area (Å²) in [5.74, 6) is -0.291. The molecule has 0 aromatic carbocycles. The van der Waals surface area contributed by atoms with E-state index < -0.39 is 0 Å². The number of amides is 1. The summed E-state index contributed by atoms with van der Waals surface area (Å²) < 4.78 is 4.70. The van der Waals surface area contributed by atoms with Crippen LogP contribution in [0.15, 0.2) is 23.0 Å². The fourth-order valence-electron chi connectivity index (χ4n) is 0.590. The van der Waals surface area contributed by atoms with Crippen molar-refractivity contribution in [1.82, 2.24) is 5.48 Å². The first-order chi connectivity index (χ1) is 5.34. The highest BCUT2D eigenvalue weighted by atomic mass is 16.6.